The van der Waals surface area contributed by atoms with Gasteiger partial charge in [-0.2, -0.15) is 0 Å². The van der Waals surface area contributed by atoms with Crippen molar-refractivity contribution in [1.29, 1.82) is 0 Å². The quantitative estimate of drug-likeness (QED) is 0.646. The van der Waals surface area contributed by atoms with Crippen LogP contribution in [0, 0.1) is 10.1 Å². The lowest BCUT2D eigenvalue weighted by Gasteiger charge is -2.05. The average molecular weight is 260 g/mol. The smallest absolute Gasteiger partial charge is 0.269 e. The number of imidazole rings is 1. The number of non-ortho nitro benzene ring substituents is 1. The molecule has 0 bridgehead atoms. The van der Waals surface area contributed by atoms with Gasteiger partial charge in [0.1, 0.15) is 0 Å². The van der Waals surface area contributed by atoms with Crippen LogP contribution in [0.25, 0.3) is 0 Å². The van der Waals surface area contributed by atoms with Crippen molar-refractivity contribution in [1.82, 2.24) is 14.9 Å². The van der Waals surface area contributed by atoms with Gasteiger partial charge in [0.05, 0.1) is 11.3 Å². The molecule has 1 heterocycles. The van der Waals surface area contributed by atoms with Gasteiger partial charge in [-0.3, -0.25) is 14.9 Å². The Morgan fingerprint density at radius 1 is 1.37 bits per heavy atom. The zero-order chi connectivity index (χ0) is 13.7. The summed E-state index contributed by atoms with van der Waals surface area (Å²) >= 11 is 0. The largest absolute Gasteiger partial charge is 0.350 e. The Hall–Kier alpha value is -2.70. The number of benzene rings is 1. The third-order valence-corrected chi connectivity index (χ3v) is 2.56. The van der Waals surface area contributed by atoms with Crippen LogP contribution < -0.4 is 5.32 Å². The molecule has 0 aliphatic carbocycles. The fraction of sp³-hybridized carbons (Fsp3) is 0.167. The lowest BCUT2D eigenvalue weighted by atomic mass is 10.2. The van der Waals surface area contributed by atoms with Crippen molar-refractivity contribution in [2.24, 2.45) is 0 Å². The molecular weight excluding hydrogens is 248 g/mol. The molecule has 7 nitrogen and oxygen atoms in total. The van der Waals surface area contributed by atoms with Gasteiger partial charge in [0, 0.05) is 43.2 Å². The van der Waals surface area contributed by atoms with Crippen LogP contribution >= 0.6 is 0 Å². The van der Waals surface area contributed by atoms with Gasteiger partial charge in [0.25, 0.3) is 11.6 Å². The third kappa shape index (κ3) is 3.38. The van der Waals surface area contributed by atoms with Crippen LogP contribution in [0.5, 0.6) is 0 Å². The maximum atomic E-state index is 11.7. The maximum absolute atomic E-state index is 11.7. The first-order valence-electron chi connectivity index (χ1n) is 5.65. The first-order valence-corrected chi connectivity index (χ1v) is 5.65. The minimum atomic E-state index is -0.499. The van der Waals surface area contributed by atoms with Gasteiger partial charge < -0.3 is 9.88 Å². The Morgan fingerprint density at radius 3 is 2.68 bits per heavy atom. The molecule has 2 rings (SSSR count). The predicted octanol–water partition coefficient (Wildman–Crippen LogP) is 1.22. The van der Waals surface area contributed by atoms with E-state index in [4.69, 9.17) is 0 Å². The van der Waals surface area contributed by atoms with Crippen LogP contribution in [0.15, 0.2) is 43.0 Å². The second-order valence-corrected chi connectivity index (χ2v) is 3.86. The Bertz CT molecular complexity index is 563. The summed E-state index contributed by atoms with van der Waals surface area (Å²) in [4.78, 5) is 25.6. The van der Waals surface area contributed by atoms with Crippen LogP contribution in [-0.2, 0) is 6.54 Å². The molecule has 0 saturated heterocycles. The van der Waals surface area contributed by atoms with Crippen LogP contribution in [0.4, 0.5) is 5.69 Å². The van der Waals surface area contributed by atoms with E-state index in [1.807, 2.05) is 4.57 Å². The Labute approximate surface area is 109 Å². The summed E-state index contributed by atoms with van der Waals surface area (Å²) < 4.78 is 1.84. The van der Waals surface area contributed by atoms with Gasteiger partial charge in [-0.1, -0.05) is 0 Å². The highest BCUT2D eigenvalue weighted by molar-refractivity contribution is 5.94. The van der Waals surface area contributed by atoms with Gasteiger partial charge in [-0.25, -0.2) is 4.98 Å². The molecule has 0 saturated carbocycles. The van der Waals surface area contributed by atoms with E-state index in [2.05, 4.69) is 10.3 Å². The monoisotopic (exact) mass is 260 g/mol. The maximum Gasteiger partial charge on any atom is 0.269 e. The number of carbonyl (C=O) groups is 1. The SMILES string of the molecule is O=C(NCCn1ccnc1)c1ccc([N+](=O)[O-])cc1. The molecule has 1 aromatic heterocycles. The summed E-state index contributed by atoms with van der Waals surface area (Å²) in [6.07, 6.45) is 5.13. The molecule has 0 atom stereocenters. The molecule has 19 heavy (non-hydrogen) atoms. The standard InChI is InChI=1S/C12H12N4O3/c17-12(14-6-8-15-7-5-13-9-15)10-1-3-11(4-2-10)16(18)19/h1-5,7,9H,6,8H2,(H,14,17). The number of carbonyl (C=O) groups excluding carboxylic acids is 1. The number of nitro groups is 1. The second-order valence-electron chi connectivity index (χ2n) is 3.86. The molecular formula is C12H12N4O3. The van der Waals surface area contributed by atoms with Crippen molar-refractivity contribution in [3.05, 3.63) is 58.7 Å². The Morgan fingerprint density at radius 2 is 2.11 bits per heavy atom. The van der Waals surface area contributed by atoms with Gasteiger partial charge in [0.2, 0.25) is 0 Å². The highest BCUT2D eigenvalue weighted by Gasteiger charge is 2.08. The summed E-state index contributed by atoms with van der Waals surface area (Å²) in [5.41, 5.74) is 0.367. The molecule has 0 spiro atoms. The number of nitro benzene ring substituents is 1. The molecule has 0 fully saturated rings. The summed E-state index contributed by atoms with van der Waals surface area (Å²) in [6.45, 7) is 1.09. The molecule has 1 N–H and O–H groups in total. The summed E-state index contributed by atoms with van der Waals surface area (Å²) in [6, 6.07) is 5.49. The topological polar surface area (TPSA) is 90.1 Å². The highest BCUT2D eigenvalue weighted by atomic mass is 16.6. The van der Waals surface area contributed by atoms with E-state index in [-0.39, 0.29) is 11.6 Å². The van der Waals surface area contributed by atoms with E-state index in [1.165, 1.54) is 24.3 Å². The average Bonchev–Trinajstić information content (AvgIpc) is 2.92. The van der Waals surface area contributed by atoms with Crippen molar-refractivity contribution in [2.75, 3.05) is 6.54 Å². The van der Waals surface area contributed by atoms with Crippen LogP contribution in [0.2, 0.25) is 0 Å². The van der Waals surface area contributed by atoms with Crippen molar-refractivity contribution in [3.63, 3.8) is 0 Å². The number of hydrogen-bond donors (Lipinski definition) is 1. The number of rotatable bonds is 5. The first-order chi connectivity index (χ1) is 9.16. The van der Waals surface area contributed by atoms with Gasteiger partial charge in [-0.15, -0.1) is 0 Å². The van der Waals surface area contributed by atoms with Gasteiger partial charge in [-0.05, 0) is 12.1 Å². The normalized spacial score (nSPS) is 10.1. The zero-order valence-corrected chi connectivity index (χ0v) is 10.0. The van der Waals surface area contributed by atoms with E-state index in [0.717, 1.165) is 0 Å². The predicted molar refractivity (Wildman–Crippen MR) is 67.7 cm³/mol. The fourth-order valence-corrected chi connectivity index (χ4v) is 1.55. The fourth-order valence-electron chi connectivity index (χ4n) is 1.55. The molecule has 1 amide bonds. The third-order valence-electron chi connectivity index (χ3n) is 2.56. The van der Waals surface area contributed by atoms with Crippen LogP contribution in [-0.4, -0.2) is 26.9 Å². The lowest BCUT2D eigenvalue weighted by molar-refractivity contribution is -0.384. The van der Waals surface area contributed by atoms with E-state index in [0.29, 0.717) is 18.7 Å². The van der Waals surface area contributed by atoms with E-state index in [1.54, 1.807) is 18.7 Å². The number of nitrogens with zero attached hydrogens (tertiary/aromatic N) is 3. The van der Waals surface area contributed by atoms with Crippen molar-refractivity contribution >= 4 is 11.6 Å². The van der Waals surface area contributed by atoms with E-state index in [9.17, 15) is 14.9 Å². The van der Waals surface area contributed by atoms with Gasteiger partial charge in [0.15, 0.2) is 0 Å². The van der Waals surface area contributed by atoms with Crippen LogP contribution in [0.3, 0.4) is 0 Å². The summed E-state index contributed by atoms with van der Waals surface area (Å²) in [7, 11) is 0. The van der Waals surface area contributed by atoms with E-state index >= 15 is 0 Å². The van der Waals surface area contributed by atoms with E-state index < -0.39 is 4.92 Å². The number of hydrogen-bond acceptors (Lipinski definition) is 4. The molecule has 2 aromatic rings. The Balaban J connectivity index is 1.87. The lowest BCUT2D eigenvalue weighted by Crippen LogP contribution is -2.26. The molecule has 0 aliphatic heterocycles. The van der Waals surface area contributed by atoms with Gasteiger partial charge >= 0.3 is 0 Å². The first kappa shape index (κ1) is 12.7. The second kappa shape index (κ2) is 5.76. The molecule has 98 valence electrons. The molecule has 0 unspecified atom stereocenters. The van der Waals surface area contributed by atoms with Crippen molar-refractivity contribution in [2.45, 2.75) is 6.54 Å². The molecule has 1 aromatic carbocycles. The Kier molecular flexibility index (Phi) is 3.87. The number of aromatic nitrogens is 2. The molecule has 0 radical (unpaired) electrons. The highest BCUT2D eigenvalue weighted by Crippen LogP contribution is 2.11. The number of amides is 1. The van der Waals surface area contributed by atoms with Crippen molar-refractivity contribution < 1.29 is 9.72 Å². The minimum absolute atomic E-state index is 0.0324. The number of nitrogens with one attached hydrogen (secondary N) is 1. The summed E-state index contributed by atoms with van der Waals surface area (Å²) in [5, 5.41) is 13.2. The zero-order valence-electron chi connectivity index (χ0n) is 10.0. The summed E-state index contributed by atoms with van der Waals surface area (Å²) in [5.74, 6) is -0.255. The van der Waals surface area contributed by atoms with Crippen molar-refractivity contribution in [3.8, 4) is 0 Å². The minimum Gasteiger partial charge on any atom is -0.350 e. The molecule has 7 heteroatoms. The molecule has 0 aliphatic rings. The van der Waals surface area contributed by atoms with Crippen LogP contribution in [0.1, 0.15) is 10.4 Å².